The molecule has 108 valence electrons. The number of hydrogen-bond acceptors (Lipinski definition) is 2. The quantitative estimate of drug-likeness (QED) is 0.875. The number of primary amides is 1. The van der Waals surface area contributed by atoms with Crippen LogP contribution < -0.4 is 5.73 Å². The zero-order chi connectivity index (χ0) is 14.8. The lowest BCUT2D eigenvalue weighted by molar-refractivity contribution is 0.100. The monoisotopic (exact) mass is 281 g/mol. The molecule has 0 unspecified atom stereocenters. The Hall–Kier alpha value is -2.28. The number of benzene rings is 1. The van der Waals surface area contributed by atoms with Gasteiger partial charge in [-0.15, -0.1) is 0 Å². The minimum atomic E-state index is -0.376. The van der Waals surface area contributed by atoms with Crippen molar-refractivity contribution in [2.24, 2.45) is 5.73 Å². The van der Waals surface area contributed by atoms with Crippen LogP contribution in [0.4, 0.5) is 0 Å². The van der Waals surface area contributed by atoms with Gasteiger partial charge in [0, 0.05) is 35.1 Å². The summed E-state index contributed by atoms with van der Waals surface area (Å²) in [6.07, 6.45) is 6.01. The van der Waals surface area contributed by atoms with Gasteiger partial charge in [0.15, 0.2) is 0 Å². The van der Waals surface area contributed by atoms with E-state index >= 15 is 0 Å². The molecule has 0 radical (unpaired) electrons. The van der Waals surface area contributed by atoms with Crippen LogP contribution in [0.15, 0.2) is 18.2 Å². The number of nitrogens with zero attached hydrogens (tertiary/aromatic N) is 2. The third kappa shape index (κ3) is 2.40. The highest BCUT2D eigenvalue weighted by Gasteiger charge is 2.20. The van der Waals surface area contributed by atoms with E-state index in [1.54, 1.807) is 6.07 Å². The summed E-state index contributed by atoms with van der Waals surface area (Å²) in [6.45, 7) is 0.870. The second kappa shape index (κ2) is 5.61. The van der Waals surface area contributed by atoms with E-state index in [1.807, 2.05) is 12.1 Å². The molecule has 4 heteroatoms. The summed E-state index contributed by atoms with van der Waals surface area (Å²) >= 11 is 0. The number of aromatic nitrogens is 1. The van der Waals surface area contributed by atoms with E-state index in [2.05, 4.69) is 10.6 Å². The predicted octanol–water partition coefficient (Wildman–Crippen LogP) is 2.92. The first-order valence-corrected chi connectivity index (χ1v) is 7.53. The number of carbonyl (C=O) groups is 1. The molecule has 4 nitrogen and oxygen atoms in total. The molecule has 1 aromatic heterocycles. The first-order valence-electron chi connectivity index (χ1n) is 7.53. The molecular weight excluding hydrogens is 262 g/mol. The van der Waals surface area contributed by atoms with Crippen LogP contribution in [0.3, 0.4) is 0 Å². The van der Waals surface area contributed by atoms with Crippen LogP contribution in [0.2, 0.25) is 0 Å². The molecule has 1 aromatic carbocycles. The molecule has 1 aliphatic rings. The maximum Gasteiger partial charge on any atom is 0.248 e. The smallest absolute Gasteiger partial charge is 0.248 e. The molecule has 1 aliphatic carbocycles. The maximum absolute atomic E-state index is 11.4. The topological polar surface area (TPSA) is 71.8 Å². The van der Waals surface area contributed by atoms with Gasteiger partial charge in [-0.25, -0.2) is 0 Å². The van der Waals surface area contributed by atoms with Gasteiger partial charge < -0.3 is 10.3 Å². The predicted molar refractivity (Wildman–Crippen MR) is 81.9 cm³/mol. The molecule has 0 saturated heterocycles. The maximum atomic E-state index is 11.4. The first-order chi connectivity index (χ1) is 10.2. The van der Waals surface area contributed by atoms with Crippen molar-refractivity contribution in [3.05, 3.63) is 35.0 Å². The molecular formula is C17H19N3O. The SMILES string of the molecule is N#CCCCn1c2c(c3cc(C(N)=O)ccc31)CCCC2. The normalized spacial score (nSPS) is 13.9. The van der Waals surface area contributed by atoms with Crippen molar-refractivity contribution < 1.29 is 4.79 Å². The highest BCUT2D eigenvalue weighted by atomic mass is 16.1. The molecule has 0 fully saturated rings. The second-order valence-electron chi connectivity index (χ2n) is 5.64. The number of hydrogen-bond donors (Lipinski definition) is 1. The number of fused-ring (bicyclic) bond motifs is 3. The Morgan fingerprint density at radius 1 is 1.33 bits per heavy atom. The molecule has 1 amide bonds. The Morgan fingerprint density at radius 2 is 2.14 bits per heavy atom. The fraction of sp³-hybridized carbons (Fsp3) is 0.412. The average molecular weight is 281 g/mol. The van der Waals surface area contributed by atoms with Crippen molar-refractivity contribution in [2.45, 2.75) is 45.1 Å². The molecule has 0 saturated carbocycles. The summed E-state index contributed by atoms with van der Waals surface area (Å²) < 4.78 is 2.34. The lowest BCUT2D eigenvalue weighted by Gasteiger charge is -2.15. The van der Waals surface area contributed by atoms with Gasteiger partial charge in [0.2, 0.25) is 5.91 Å². The fourth-order valence-electron chi connectivity index (χ4n) is 3.36. The van der Waals surface area contributed by atoms with Gasteiger partial charge in [-0.1, -0.05) is 0 Å². The Morgan fingerprint density at radius 3 is 2.90 bits per heavy atom. The van der Waals surface area contributed by atoms with Crippen LogP contribution in [0.25, 0.3) is 10.9 Å². The van der Waals surface area contributed by atoms with Gasteiger partial charge >= 0.3 is 0 Å². The fourth-order valence-corrected chi connectivity index (χ4v) is 3.36. The van der Waals surface area contributed by atoms with Gasteiger partial charge in [0.05, 0.1) is 6.07 Å². The number of amides is 1. The third-order valence-electron chi connectivity index (χ3n) is 4.33. The van der Waals surface area contributed by atoms with E-state index in [0.717, 1.165) is 31.2 Å². The zero-order valence-corrected chi connectivity index (χ0v) is 12.1. The van der Waals surface area contributed by atoms with Crippen LogP contribution in [-0.4, -0.2) is 10.5 Å². The molecule has 0 aliphatic heterocycles. The first kappa shape index (κ1) is 13.7. The Balaban J connectivity index is 2.12. The van der Waals surface area contributed by atoms with Crippen molar-refractivity contribution in [2.75, 3.05) is 0 Å². The average Bonchev–Trinajstić information content (AvgIpc) is 2.81. The molecule has 2 aromatic rings. The summed E-state index contributed by atoms with van der Waals surface area (Å²) in [6, 6.07) is 7.94. The van der Waals surface area contributed by atoms with Gasteiger partial charge in [-0.05, 0) is 55.9 Å². The Bertz CT molecular complexity index is 737. The standard InChI is InChI=1S/C17H19N3O/c18-9-3-4-10-20-15-6-2-1-5-13(15)14-11-12(17(19)21)7-8-16(14)20/h7-8,11H,1-6,10H2,(H2,19,21). The summed E-state index contributed by atoms with van der Waals surface area (Å²) in [5, 5.41) is 9.90. The van der Waals surface area contributed by atoms with Crippen molar-refractivity contribution in [3.63, 3.8) is 0 Å². The van der Waals surface area contributed by atoms with Gasteiger partial charge in [-0.2, -0.15) is 5.26 Å². The molecule has 3 rings (SSSR count). The number of rotatable bonds is 4. The molecule has 2 N–H and O–H groups in total. The number of nitriles is 1. The highest BCUT2D eigenvalue weighted by molar-refractivity contribution is 5.98. The van der Waals surface area contributed by atoms with Crippen molar-refractivity contribution in [1.29, 1.82) is 5.26 Å². The van der Waals surface area contributed by atoms with Crippen molar-refractivity contribution in [1.82, 2.24) is 4.57 Å². The second-order valence-corrected chi connectivity index (χ2v) is 5.64. The highest BCUT2D eigenvalue weighted by Crippen LogP contribution is 2.33. The number of unbranched alkanes of at least 4 members (excludes halogenated alkanes) is 1. The summed E-state index contributed by atoms with van der Waals surface area (Å²) in [5.74, 6) is -0.376. The molecule has 0 bridgehead atoms. The van der Waals surface area contributed by atoms with Crippen molar-refractivity contribution in [3.8, 4) is 6.07 Å². The number of nitrogens with two attached hydrogens (primary N) is 1. The Labute approximate surface area is 124 Å². The zero-order valence-electron chi connectivity index (χ0n) is 12.1. The van der Waals surface area contributed by atoms with Crippen LogP contribution in [0.5, 0.6) is 0 Å². The van der Waals surface area contributed by atoms with Crippen LogP contribution in [-0.2, 0) is 19.4 Å². The van der Waals surface area contributed by atoms with Crippen molar-refractivity contribution >= 4 is 16.8 Å². The summed E-state index contributed by atoms with van der Waals surface area (Å²) in [7, 11) is 0. The van der Waals surface area contributed by atoms with Crippen LogP contribution in [0, 0.1) is 11.3 Å². The van der Waals surface area contributed by atoms with E-state index < -0.39 is 0 Å². The minimum absolute atomic E-state index is 0.376. The van der Waals surface area contributed by atoms with E-state index in [9.17, 15) is 4.79 Å². The van der Waals surface area contributed by atoms with E-state index in [4.69, 9.17) is 11.0 Å². The minimum Gasteiger partial charge on any atom is -0.366 e. The van der Waals surface area contributed by atoms with Gasteiger partial charge in [-0.3, -0.25) is 4.79 Å². The summed E-state index contributed by atoms with van der Waals surface area (Å²) in [4.78, 5) is 11.4. The molecule has 0 spiro atoms. The number of carbonyl (C=O) groups excluding carboxylic acids is 1. The van der Waals surface area contributed by atoms with Crippen LogP contribution >= 0.6 is 0 Å². The lowest BCUT2D eigenvalue weighted by atomic mass is 9.95. The Kier molecular flexibility index (Phi) is 3.66. The van der Waals surface area contributed by atoms with E-state index in [-0.39, 0.29) is 5.91 Å². The van der Waals surface area contributed by atoms with Gasteiger partial charge in [0.1, 0.15) is 0 Å². The number of aryl methyl sites for hydroxylation is 2. The third-order valence-corrected chi connectivity index (χ3v) is 4.33. The lowest BCUT2D eigenvalue weighted by Crippen LogP contribution is -2.10. The molecule has 1 heterocycles. The van der Waals surface area contributed by atoms with Gasteiger partial charge in [0.25, 0.3) is 0 Å². The molecule has 21 heavy (non-hydrogen) atoms. The van der Waals surface area contributed by atoms with E-state index in [0.29, 0.717) is 12.0 Å². The molecule has 0 atom stereocenters. The largest absolute Gasteiger partial charge is 0.366 e. The van der Waals surface area contributed by atoms with E-state index in [1.165, 1.54) is 29.6 Å². The van der Waals surface area contributed by atoms with Crippen LogP contribution in [0.1, 0.15) is 47.3 Å². The summed E-state index contributed by atoms with van der Waals surface area (Å²) in [5.41, 5.74) is 9.91.